The molecule has 12 nitrogen and oxygen atoms in total. The molecule has 1 aromatic rings. The van der Waals surface area contributed by atoms with Crippen LogP contribution in [0.5, 0.6) is 5.88 Å². The lowest BCUT2D eigenvalue weighted by atomic mass is 9.84. The van der Waals surface area contributed by atoms with Gasteiger partial charge in [-0.2, -0.15) is 0 Å². The Morgan fingerprint density at radius 3 is 2.34 bits per heavy atom. The quantitative estimate of drug-likeness (QED) is 0.185. The molecule has 1 aliphatic heterocycles. The van der Waals surface area contributed by atoms with E-state index < -0.39 is 23.0 Å². The van der Waals surface area contributed by atoms with Crippen molar-refractivity contribution in [2.24, 2.45) is 23.5 Å². The summed E-state index contributed by atoms with van der Waals surface area (Å²) >= 11 is 0. The maximum absolute atomic E-state index is 12.5. The predicted octanol–water partition coefficient (Wildman–Crippen LogP) is 1.09. The normalized spacial score (nSPS) is 16.9. The molecule has 2 amide bonds. The minimum absolute atomic E-state index is 0.0710. The molecule has 2 fully saturated rings. The minimum atomic E-state index is -0.846. The Morgan fingerprint density at radius 2 is 1.84 bits per heavy atom. The van der Waals surface area contributed by atoms with Crippen molar-refractivity contribution in [1.82, 2.24) is 19.4 Å². The van der Waals surface area contributed by atoms with E-state index in [4.69, 9.17) is 15.9 Å². The van der Waals surface area contributed by atoms with Gasteiger partial charge in [-0.1, -0.05) is 46.0 Å². The van der Waals surface area contributed by atoms with E-state index >= 15 is 0 Å². The number of hydrogen-bond donors (Lipinski definition) is 4. The van der Waals surface area contributed by atoms with Crippen LogP contribution >= 0.6 is 0 Å². The minimum Gasteiger partial charge on any atom is -0.494 e. The molecule has 3 rings (SSSR count). The Labute approximate surface area is 223 Å². The number of rotatable bonds is 11. The van der Waals surface area contributed by atoms with E-state index in [0.29, 0.717) is 30.6 Å². The predicted molar refractivity (Wildman–Crippen MR) is 144 cm³/mol. The van der Waals surface area contributed by atoms with E-state index in [1.807, 2.05) is 25.9 Å². The van der Waals surface area contributed by atoms with Gasteiger partial charge in [0.05, 0.1) is 19.3 Å². The average Bonchev–Trinajstić information content (AvgIpc) is 2.84. The molecule has 2 aliphatic rings. The zero-order valence-electron chi connectivity index (χ0n) is 23.1. The highest BCUT2D eigenvalue weighted by molar-refractivity contribution is 5.96. The van der Waals surface area contributed by atoms with Crippen LogP contribution in [0.4, 0.5) is 0 Å². The van der Waals surface area contributed by atoms with E-state index in [9.17, 15) is 24.3 Å². The van der Waals surface area contributed by atoms with Gasteiger partial charge in [0.15, 0.2) is 0 Å². The largest absolute Gasteiger partial charge is 0.494 e. The summed E-state index contributed by atoms with van der Waals surface area (Å²) in [5.74, 6) is 0.298. The zero-order chi connectivity index (χ0) is 28.4. The topological polar surface area (TPSA) is 175 Å². The van der Waals surface area contributed by atoms with Gasteiger partial charge in [0, 0.05) is 26.1 Å². The second kappa shape index (κ2) is 14.8. The van der Waals surface area contributed by atoms with Crippen LogP contribution in [0.3, 0.4) is 0 Å². The molecular weight excluding hydrogens is 492 g/mol. The number of ether oxygens (including phenoxy) is 1. The lowest BCUT2D eigenvalue weighted by Gasteiger charge is -2.36. The molecule has 12 heteroatoms. The third kappa shape index (κ3) is 8.80. The van der Waals surface area contributed by atoms with Crippen molar-refractivity contribution in [2.45, 2.75) is 71.4 Å². The summed E-state index contributed by atoms with van der Waals surface area (Å²) in [5.41, 5.74) is 3.27. The van der Waals surface area contributed by atoms with Crippen LogP contribution in [0.15, 0.2) is 9.59 Å². The summed E-state index contributed by atoms with van der Waals surface area (Å²) in [4.78, 5) is 51.6. The van der Waals surface area contributed by atoms with Gasteiger partial charge in [0.25, 0.3) is 5.56 Å². The SMILES string of the molecule is CC(C)CCn1c(O)c(C(=N)N)c(=O)[nH]c1=O.CN(C=O)C(=O)C(CC1CCCCC1)N(C)CC1COC1. The van der Waals surface area contributed by atoms with Gasteiger partial charge in [-0.25, -0.2) is 4.79 Å². The van der Waals surface area contributed by atoms with Crippen LogP contribution < -0.4 is 17.0 Å². The molecule has 1 aromatic heterocycles. The summed E-state index contributed by atoms with van der Waals surface area (Å²) in [6, 6.07) is -0.177. The Morgan fingerprint density at radius 1 is 1.21 bits per heavy atom. The lowest BCUT2D eigenvalue weighted by molar-refractivity contribution is -0.142. The van der Waals surface area contributed by atoms with Gasteiger partial charge in [-0.15, -0.1) is 0 Å². The van der Waals surface area contributed by atoms with Crippen LogP contribution in [0, 0.1) is 23.2 Å². The second-order valence-corrected chi connectivity index (χ2v) is 10.9. The molecular formula is C26H44N6O6. The second-order valence-electron chi connectivity index (χ2n) is 10.9. The Kier molecular flexibility index (Phi) is 12.2. The van der Waals surface area contributed by atoms with Gasteiger partial charge < -0.3 is 15.6 Å². The number of H-pyrrole nitrogens is 1. The summed E-state index contributed by atoms with van der Waals surface area (Å²) in [6.45, 7) is 6.66. The Balaban J connectivity index is 0.000000273. The first kappa shape index (κ1) is 31.2. The average molecular weight is 537 g/mol. The standard InChI is InChI=1S/C16H28N2O3.C10H16N4O3/c1-17(9-14-10-21-11-14)15(16(20)18(2)12-19)8-13-6-4-3-5-7-13;1-5(2)3-4-14-9(16)6(7(11)12)8(15)13-10(14)17/h12-15H,3-11H2,1-2H3;5,16H,3-4H2,1-2H3,(H3,11,12)(H,13,15,17). The van der Waals surface area contributed by atoms with Crippen LogP contribution in [0.2, 0.25) is 0 Å². The Bertz CT molecular complexity index is 1060. The van der Waals surface area contributed by atoms with Crippen molar-refractivity contribution in [3.8, 4) is 5.88 Å². The summed E-state index contributed by atoms with van der Waals surface area (Å²) in [5, 5.41) is 16.9. The molecule has 38 heavy (non-hydrogen) atoms. The number of amidine groups is 1. The van der Waals surface area contributed by atoms with E-state index in [0.717, 1.165) is 30.7 Å². The van der Waals surface area contributed by atoms with Crippen molar-refractivity contribution in [2.75, 3.05) is 33.9 Å². The van der Waals surface area contributed by atoms with Crippen molar-refractivity contribution >= 4 is 18.2 Å². The molecule has 1 saturated heterocycles. The zero-order valence-corrected chi connectivity index (χ0v) is 23.1. The first-order valence-electron chi connectivity index (χ1n) is 13.4. The molecule has 2 heterocycles. The van der Waals surface area contributed by atoms with Crippen molar-refractivity contribution in [3.05, 3.63) is 26.4 Å². The summed E-state index contributed by atoms with van der Waals surface area (Å²) < 4.78 is 6.23. The third-order valence-corrected chi connectivity index (χ3v) is 7.23. The summed E-state index contributed by atoms with van der Waals surface area (Å²) in [6.07, 6.45) is 8.46. The Hall–Kier alpha value is -2.99. The highest BCUT2D eigenvalue weighted by Gasteiger charge is 2.32. The van der Waals surface area contributed by atoms with E-state index in [-0.39, 0.29) is 24.1 Å². The first-order chi connectivity index (χ1) is 18.0. The molecule has 1 saturated carbocycles. The lowest BCUT2D eigenvalue weighted by Crippen LogP contribution is -2.50. The summed E-state index contributed by atoms with van der Waals surface area (Å²) in [7, 11) is 3.56. The number of imide groups is 1. The number of nitrogens with zero attached hydrogens (tertiary/aromatic N) is 3. The fraction of sp³-hybridized carbons (Fsp3) is 0.731. The molecule has 0 bridgehead atoms. The van der Waals surface area contributed by atoms with E-state index in [2.05, 4.69) is 4.90 Å². The number of aromatic nitrogens is 2. The number of nitrogens with one attached hydrogen (secondary N) is 2. The monoisotopic (exact) mass is 536 g/mol. The number of aromatic amines is 1. The number of carbonyl (C=O) groups excluding carboxylic acids is 2. The molecule has 214 valence electrons. The molecule has 1 aliphatic carbocycles. The van der Waals surface area contributed by atoms with E-state index in [1.54, 1.807) is 7.05 Å². The molecule has 0 spiro atoms. The fourth-order valence-corrected chi connectivity index (χ4v) is 4.82. The van der Waals surface area contributed by atoms with Gasteiger partial charge in [-0.05, 0) is 31.7 Å². The first-order valence-corrected chi connectivity index (χ1v) is 13.4. The van der Waals surface area contributed by atoms with Gasteiger partial charge in [0.1, 0.15) is 11.4 Å². The highest BCUT2D eigenvalue weighted by atomic mass is 16.5. The number of nitrogen functional groups attached to an aromatic ring is 1. The molecule has 1 unspecified atom stereocenters. The number of aromatic hydroxyl groups is 1. The maximum Gasteiger partial charge on any atom is 0.331 e. The van der Waals surface area contributed by atoms with Crippen molar-refractivity contribution in [1.29, 1.82) is 5.41 Å². The van der Waals surface area contributed by atoms with Crippen molar-refractivity contribution < 1.29 is 19.4 Å². The van der Waals surface area contributed by atoms with Gasteiger partial charge in [-0.3, -0.25) is 39.1 Å². The number of nitrogens with two attached hydrogens (primary N) is 1. The molecule has 0 radical (unpaired) electrons. The third-order valence-electron chi connectivity index (χ3n) is 7.23. The van der Waals surface area contributed by atoms with Crippen LogP contribution in [-0.2, 0) is 20.9 Å². The smallest absolute Gasteiger partial charge is 0.331 e. The van der Waals surface area contributed by atoms with Crippen LogP contribution in [0.1, 0.15) is 64.4 Å². The number of likely N-dealkylation sites (N-methyl/N-ethyl adjacent to an activating group) is 2. The van der Waals surface area contributed by atoms with Gasteiger partial charge >= 0.3 is 5.69 Å². The maximum atomic E-state index is 12.5. The highest BCUT2D eigenvalue weighted by Crippen LogP contribution is 2.29. The number of amides is 2. The molecule has 5 N–H and O–H groups in total. The van der Waals surface area contributed by atoms with Crippen LogP contribution in [0.25, 0.3) is 0 Å². The van der Waals surface area contributed by atoms with E-state index in [1.165, 1.54) is 37.0 Å². The fourth-order valence-electron chi connectivity index (χ4n) is 4.82. The van der Waals surface area contributed by atoms with Crippen molar-refractivity contribution in [3.63, 3.8) is 0 Å². The van der Waals surface area contributed by atoms with Crippen LogP contribution in [-0.4, -0.2) is 82.5 Å². The number of carbonyl (C=O) groups is 2. The number of hydrogen-bond acceptors (Lipinski definition) is 8. The molecule has 0 aromatic carbocycles. The molecule has 1 atom stereocenters. The van der Waals surface area contributed by atoms with Gasteiger partial charge in [0.2, 0.25) is 18.2 Å².